The first kappa shape index (κ1) is 17.5. The Labute approximate surface area is 156 Å². The zero-order chi connectivity index (χ0) is 17.8. The fourth-order valence-corrected chi connectivity index (χ4v) is 8.12. The standard InChI is InChI=1S/C22H31NOS/c1-13-5-14(2)20(15(3)6-13)23-21(24)16(4)25-22-10-17-7-18(11-22)9-19(8-17)12-22/h5-6,16-19H,7-12H2,1-4H3,(H,23,24)/t16-,17?,18?,19?,22?/m0/s1. The number of hydrogen-bond acceptors (Lipinski definition) is 2. The summed E-state index contributed by atoms with van der Waals surface area (Å²) in [5.41, 5.74) is 4.59. The highest BCUT2D eigenvalue weighted by Gasteiger charge is 2.52. The number of hydrogen-bond donors (Lipinski definition) is 1. The maximum Gasteiger partial charge on any atom is 0.237 e. The molecular formula is C22H31NOS. The van der Waals surface area contributed by atoms with Gasteiger partial charge in [-0.15, -0.1) is 11.8 Å². The van der Waals surface area contributed by atoms with Gasteiger partial charge in [0, 0.05) is 10.4 Å². The van der Waals surface area contributed by atoms with E-state index in [9.17, 15) is 4.79 Å². The van der Waals surface area contributed by atoms with Crippen LogP contribution in [-0.2, 0) is 4.79 Å². The molecule has 4 aliphatic rings. The molecule has 1 atom stereocenters. The molecule has 136 valence electrons. The maximum atomic E-state index is 12.9. The zero-order valence-electron chi connectivity index (χ0n) is 16.0. The van der Waals surface area contributed by atoms with Crippen molar-refractivity contribution in [2.24, 2.45) is 17.8 Å². The number of rotatable bonds is 4. The van der Waals surface area contributed by atoms with Crippen LogP contribution in [0.3, 0.4) is 0 Å². The number of amides is 1. The Hall–Kier alpha value is -0.960. The van der Waals surface area contributed by atoms with E-state index in [1.165, 1.54) is 44.1 Å². The van der Waals surface area contributed by atoms with E-state index in [0.29, 0.717) is 4.75 Å². The van der Waals surface area contributed by atoms with E-state index < -0.39 is 0 Å². The molecule has 1 aromatic rings. The third-order valence-electron chi connectivity index (χ3n) is 6.70. The minimum Gasteiger partial charge on any atom is -0.325 e. The third kappa shape index (κ3) is 3.37. The molecule has 4 fully saturated rings. The van der Waals surface area contributed by atoms with Crippen molar-refractivity contribution in [3.8, 4) is 0 Å². The number of nitrogens with one attached hydrogen (secondary N) is 1. The summed E-state index contributed by atoms with van der Waals surface area (Å²) in [5.74, 6) is 3.00. The van der Waals surface area contributed by atoms with Crippen molar-refractivity contribution in [1.82, 2.24) is 0 Å². The molecule has 1 N–H and O–H groups in total. The van der Waals surface area contributed by atoms with Crippen LogP contribution in [0.5, 0.6) is 0 Å². The monoisotopic (exact) mass is 357 g/mol. The third-order valence-corrected chi connectivity index (χ3v) is 8.27. The van der Waals surface area contributed by atoms with Crippen molar-refractivity contribution in [3.63, 3.8) is 0 Å². The van der Waals surface area contributed by atoms with Gasteiger partial charge >= 0.3 is 0 Å². The smallest absolute Gasteiger partial charge is 0.237 e. The van der Waals surface area contributed by atoms with Crippen LogP contribution in [0, 0.1) is 38.5 Å². The van der Waals surface area contributed by atoms with Crippen molar-refractivity contribution < 1.29 is 4.79 Å². The minimum atomic E-state index is 0.0244. The summed E-state index contributed by atoms with van der Waals surface area (Å²) in [6.07, 6.45) is 8.43. The van der Waals surface area contributed by atoms with Crippen LogP contribution >= 0.6 is 11.8 Å². The van der Waals surface area contributed by atoms with Crippen molar-refractivity contribution in [1.29, 1.82) is 0 Å². The van der Waals surface area contributed by atoms with Crippen molar-refractivity contribution in [2.75, 3.05) is 5.32 Å². The van der Waals surface area contributed by atoms with Gasteiger partial charge in [0.15, 0.2) is 0 Å². The summed E-state index contributed by atoms with van der Waals surface area (Å²) < 4.78 is 0.392. The zero-order valence-corrected chi connectivity index (χ0v) is 16.8. The van der Waals surface area contributed by atoms with Gasteiger partial charge in [-0.25, -0.2) is 0 Å². The van der Waals surface area contributed by atoms with Gasteiger partial charge < -0.3 is 5.32 Å². The fraction of sp³-hybridized carbons (Fsp3) is 0.682. The molecule has 1 amide bonds. The Balaban J connectivity index is 1.45. The summed E-state index contributed by atoms with van der Waals surface area (Å²) in [6, 6.07) is 4.30. The molecule has 5 rings (SSSR count). The number of carbonyl (C=O) groups excluding carboxylic acids is 1. The lowest BCUT2D eigenvalue weighted by atomic mass is 9.56. The van der Waals surface area contributed by atoms with Crippen LogP contribution in [0.4, 0.5) is 5.69 Å². The first-order chi connectivity index (χ1) is 11.8. The topological polar surface area (TPSA) is 29.1 Å². The predicted octanol–water partition coefficient (Wildman–Crippen LogP) is 5.64. The average molecular weight is 358 g/mol. The van der Waals surface area contributed by atoms with Gasteiger partial charge in [0.1, 0.15) is 0 Å². The molecule has 0 aromatic heterocycles. The van der Waals surface area contributed by atoms with Crippen LogP contribution in [-0.4, -0.2) is 15.9 Å². The molecule has 4 saturated carbocycles. The van der Waals surface area contributed by atoms with E-state index in [0.717, 1.165) is 34.6 Å². The van der Waals surface area contributed by atoms with Crippen LogP contribution in [0.2, 0.25) is 0 Å². The molecule has 2 nitrogen and oxygen atoms in total. The van der Waals surface area contributed by atoms with Gasteiger partial charge in [0.05, 0.1) is 5.25 Å². The van der Waals surface area contributed by atoms with Gasteiger partial charge in [-0.05, 0) is 95.1 Å². The molecular weight excluding hydrogens is 326 g/mol. The summed E-state index contributed by atoms with van der Waals surface area (Å²) in [5, 5.41) is 3.25. The lowest BCUT2D eigenvalue weighted by Crippen LogP contribution is -2.49. The molecule has 3 heteroatoms. The van der Waals surface area contributed by atoms with Crippen molar-refractivity contribution in [3.05, 3.63) is 28.8 Å². The Kier molecular flexibility index (Phi) is 4.42. The highest BCUT2D eigenvalue weighted by atomic mass is 32.2. The summed E-state index contributed by atoms with van der Waals surface area (Å²) >= 11 is 1.99. The summed E-state index contributed by atoms with van der Waals surface area (Å²) in [7, 11) is 0. The highest BCUT2D eigenvalue weighted by molar-refractivity contribution is 8.01. The first-order valence-corrected chi connectivity index (χ1v) is 10.8. The second-order valence-corrected chi connectivity index (χ2v) is 10.9. The molecule has 1 aromatic carbocycles. The van der Waals surface area contributed by atoms with E-state index in [1.54, 1.807) is 0 Å². The van der Waals surface area contributed by atoms with E-state index in [2.05, 4.69) is 45.1 Å². The molecule has 25 heavy (non-hydrogen) atoms. The number of anilines is 1. The van der Waals surface area contributed by atoms with E-state index in [4.69, 9.17) is 0 Å². The normalized spacial score (nSPS) is 34.2. The molecule has 4 bridgehead atoms. The molecule has 0 aliphatic heterocycles. The van der Waals surface area contributed by atoms with Gasteiger partial charge in [-0.3, -0.25) is 4.79 Å². The minimum absolute atomic E-state index is 0.0244. The van der Waals surface area contributed by atoms with Crippen LogP contribution in [0.25, 0.3) is 0 Å². The Bertz CT molecular complexity index is 637. The maximum absolute atomic E-state index is 12.9. The lowest BCUT2D eigenvalue weighted by molar-refractivity contribution is -0.115. The number of benzene rings is 1. The van der Waals surface area contributed by atoms with Gasteiger partial charge in [-0.1, -0.05) is 17.7 Å². The summed E-state index contributed by atoms with van der Waals surface area (Å²) in [6.45, 7) is 8.40. The Morgan fingerprint density at radius 2 is 1.52 bits per heavy atom. The van der Waals surface area contributed by atoms with Gasteiger partial charge in [0.25, 0.3) is 0 Å². The SMILES string of the molecule is Cc1cc(C)c(NC(=O)[C@H](C)SC23CC4CC(CC(C4)C2)C3)c(C)c1. The van der Waals surface area contributed by atoms with Crippen LogP contribution < -0.4 is 5.32 Å². The highest BCUT2D eigenvalue weighted by Crippen LogP contribution is 2.61. The van der Waals surface area contributed by atoms with Crippen LogP contribution in [0.1, 0.15) is 62.1 Å². The lowest BCUT2D eigenvalue weighted by Gasteiger charge is -2.57. The van der Waals surface area contributed by atoms with E-state index in [-0.39, 0.29) is 11.2 Å². The molecule has 0 unspecified atom stereocenters. The number of aryl methyl sites for hydroxylation is 3. The molecule has 0 saturated heterocycles. The number of carbonyl (C=O) groups is 1. The van der Waals surface area contributed by atoms with Gasteiger partial charge in [0.2, 0.25) is 5.91 Å². The molecule has 0 heterocycles. The van der Waals surface area contributed by atoms with E-state index in [1.807, 2.05) is 11.8 Å². The fourth-order valence-electron chi connectivity index (χ4n) is 6.21. The largest absolute Gasteiger partial charge is 0.325 e. The quantitative estimate of drug-likeness (QED) is 0.755. The van der Waals surface area contributed by atoms with E-state index >= 15 is 0 Å². The Morgan fingerprint density at radius 3 is 2.00 bits per heavy atom. The molecule has 0 spiro atoms. The summed E-state index contributed by atoms with van der Waals surface area (Å²) in [4.78, 5) is 12.9. The Morgan fingerprint density at radius 1 is 1.04 bits per heavy atom. The first-order valence-electron chi connectivity index (χ1n) is 9.90. The number of thioether (sulfide) groups is 1. The van der Waals surface area contributed by atoms with Crippen molar-refractivity contribution >= 4 is 23.4 Å². The van der Waals surface area contributed by atoms with Crippen molar-refractivity contribution in [2.45, 2.75) is 76.2 Å². The predicted molar refractivity (Wildman–Crippen MR) is 107 cm³/mol. The average Bonchev–Trinajstić information content (AvgIpc) is 2.48. The molecule has 4 aliphatic carbocycles. The molecule has 0 radical (unpaired) electrons. The second-order valence-electron chi connectivity index (χ2n) is 9.12. The van der Waals surface area contributed by atoms with Crippen LogP contribution in [0.15, 0.2) is 12.1 Å². The van der Waals surface area contributed by atoms with Gasteiger partial charge in [-0.2, -0.15) is 0 Å². The second kappa shape index (κ2) is 6.33.